The van der Waals surface area contributed by atoms with Crippen molar-refractivity contribution in [1.82, 2.24) is 10.3 Å². The van der Waals surface area contributed by atoms with Crippen LogP contribution in [0, 0.1) is 0 Å². The molecule has 0 spiro atoms. The maximum absolute atomic E-state index is 5.03. The summed E-state index contributed by atoms with van der Waals surface area (Å²) in [4.78, 5) is 4.45. The molecule has 0 radical (unpaired) electrons. The fourth-order valence-corrected chi connectivity index (χ4v) is 2.06. The smallest absolute Gasteiger partial charge is 0.119 e. The molecule has 0 bridgehead atoms. The molecule has 0 saturated carbocycles. The van der Waals surface area contributed by atoms with Crippen LogP contribution in [-0.2, 0) is 22.6 Å². The van der Waals surface area contributed by atoms with E-state index in [1.54, 1.807) is 25.6 Å². The number of nitrogens with one attached hydrogen (secondary N) is 1. The summed E-state index contributed by atoms with van der Waals surface area (Å²) in [5, 5.41) is 6.52. The molecule has 1 unspecified atom stereocenters. The van der Waals surface area contributed by atoms with Gasteiger partial charge in [-0.05, 0) is 13.3 Å². The van der Waals surface area contributed by atoms with Gasteiger partial charge in [-0.1, -0.05) is 0 Å². The number of ether oxygens (including phenoxy) is 2. The van der Waals surface area contributed by atoms with Crippen LogP contribution >= 0.6 is 11.3 Å². The van der Waals surface area contributed by atoms with Gasteiger partial charge in [0.05, 0.1) is 12.3 Å². The molecule has 16 heavy (non-hydrogen) atoms. The minimum absolute atomic E-state index is 0.451. The first-order chi connectivity index (χ1) is 7.76. The molecule has 1 aromatic rings. The Balaban J connectivity index is 2.25. The molecule has 1 atom stereocenters. The van der Waals surface area contributed by atoms with Crippen LogP contribution in [0.1, 0.15) is 24.0 Å². The molecule has 5 heteroatoms. The van der Waals surface area contributed by atoms with Crippen LogP contribution in [0.15, 0.2) is 5.38 Å². The van der Waals surface area contributed by atoms with E-state index < -0.39 is 0 Å². The zero-order valence-electron chi connectivity index (χ0n) is 10.2. The molecule has 0 aromatic carbocycles. The summed E-state index contributed by atoms with van der Waals surface area (Å²) in [6.07, 6.45) is 1.02. The second-order valence-electron chi connectivity index (χ2n) is 3.73. The van der Waals surface area contributed by atoms with Crippen LogP contribution in [0.3, 0.4) is 0 Å². The van der Waals surface area contributed by atoms with E-state index in [-0.39, 0.29) is 0 Å². The van der Waals surface area contributed by atoms with Crippen LogP contribution in [0.2, 0.25) is 0 Å². The van der Waals surface area contributed by atoms with Gasteiger partial charge in [0.2, 0.25) is 0 Å². The molecule has 0 aliphatic heterocycles. The van der Waals surface area contributed by atoms with Gasteiger partial charge in [0.1, 0.15) is 5.01 Å². The summed E-state index contributed by atoms with van der Waals surface area (Å²) >= 11 is 1.64. The standard InChI is InChI=1S/C11H20N2O2S/c1-9(4-5-14-2)12-6-10-8-16-11(13-10)7-15-3/h8-9,12H,4-7H2,1-3H3. The molecular weight excluding hydrogens is 224 g/mol. The Morgan fingerprint density at radius 1 is 1.44 bits per heavy atom. The van der Waals surface area contributed by atoms with Crippen molar-refractivity contribution in [2.75, 3.05) is 20.8 Å². The third-order valence-electron chi connectivity index (χ3n) is 2.25. The summed E-state index contributed by atoms with van der Waals surface area (Å²) in [6, 6.07) is 0.451. The molecule has 1 rings (SSSR count). The zero-order chi connectivity index (χ0) is 11.8. The van der Waals surface area contributed by atoms with Gasteiger partial charge >= 0.3 is 0 Å². The first-order valence-electron chi connectivity index (χ1n) is 5.40. The van der Waals surface area contributed by atoms with E-state index in [9.17, 15) is 0 Å². The number of rotatable bonds is 8. The Morgan fingerprint density at radius 2 is 2.25 bits per heavy atom. The van der Waals surface area contributed by atoms with Gasteiger partial charge in [0.15, 0.2) is 0 Å². The lowest BCUT2D eigenvalue weighted by Crippen LogP contribution is -2.26. The van der Waals surface area contributed by atoms with E-state index >= 15 is 0 Å². The average Bonchev–Trinajstić information content (AvgIpc) is 2.72. The van der Waals surface area contributed by atoms with Crippen LogP contribution < -0.4 is 5.32 Å². The summed E-state index contributed by atoms with van der Waals surface area (Å²) in [7, 11) is 3.41. The Labute approximate surface area is 101 Å². The third-order valence-corrected chi connectivity index (χ3v) is 3.12. The number of nitrogens with zero attached hydrogens (tertiary/aromatic N) is 1. The first-order valence-corrected chi connectivity index (χ1v) is 6.28. The van der Waals surface area contributed by atoms with E-state index in [0.717, 1.165) is 30.3 Å². The highest BCUT2D eigenvalue weighted by atomic mass is 32.1. The van der Waals surface area contributed by atoms with Crippen molar-refractivity contribution in [1.29, 1.82) is 0 Å². The molecule has 0 aliphatic rings. The molecule has 1 N–H and O–H groups in total. The molecule has 0 fully saturated rings. The quantitative estimate of drug-likeness (QED) is 0.757. The van der Waals surface area contributed by atoms with Gasteiger partial charge in [-0.15, -0.1) is 11.3 Å². The van der Waals surface area contributed by atoms with Gasteiger partial charge in [0, 0.05) is 38.8 Å². The van der Waals surface area contributed by atoms with Gasteiger partial charge < -0.3 is 14.8 Å². The highest BCUT2D eigenvalue weighted by molar-refractivity contribution is 7.09. The van der Waals surface area contributed by atoms with Crippen molar-refractivity contribution in [3.8, 4) is 0 Å². The second-order valence-corrected chi connectivity index (χ2v) is 4.67. The molecule has 0 amide bonds. The SMILES string of the molecule is COCCC(C)NCc1csc(COC)n1. The van der Waals surface area contributed by atoms with E-state index in [4.69, 9.17) is 9.47 Å². The Hall–Kier alpha value is -0.490. The van der Waals surface area contributed by atoms with Crippen LogP contribution in [0.25, 0.3) is 0 Å². The molecule has 0 saturated heterocycles. The average molecular weight is 244 g/mol. The summed E-state index contributed by atoms with van der Waals surface area (Å²) < 4.78 is 10.1. The minimum Gasteiger partial charge on any atom is -0.385 e. The van der Waals surface area contributed by atoms with Crippen molar-refractivity contribution in [3.63, 3.8) is 0 Å². The van der Waals surface area contributed by atoms with Crippen molar-refractivity contribution in [2.45, 2.75) is 32.5 Å². The number of methoxy groups -OCH3 is 2. The summed E-state index contributed by atoms with van der Waals surface area (Å²) in [6.45, 7) is 4.36. The Morgan fingerprint density at radius 3 is 2.94 bits per heavy atom. The number of thiazole rings is 1. The van der Waals surface area contributed by atoms with Crippen LogP contribution in [-0.4, -0.2) is 31.9 Å². The molecule has 1 heterocycles. The molecule has 92 valence electrons. The Kier molecular flexibility index (Phi) is 6.56. The van der Waals surface area contributed by atoms with Crippen molar-refractivity contribution < 1.29 is 9.47 Å². The monoisotopic (exact) mass is 244 g/mol. The number of aromatic nitrogens is 1. The topological polar surface area (TPSA) is 43.4 Å². The van der Waals surface area contributed by atoms with Gasteiger partial charge in [-0.2, -0.15) is 0 Å². The fourth-order valence-electron chi connectivity index (χ4n) is 1.30. The predicted octanol–water partition coefficient (Wildman–Crippen LogP) is 1.80. The predicted molar refractivity (Wildman–Crippen MR) is 65.6 cm³/mol. The summed E-state index contributed by atoms with van der Waals surface area (Å²) in [5.41, 5.74) is 1.08. The highest BCUT2D eigenvalue weighted by Crippen LogP contribution is 2.10. The number of hydrogen-bond donors (Lipinski definition) is 1. The second kappa shape index (κ2) is 7.73. The van der Waals surface area contributed by atoms with Crippen molar-refractivity contribution >= 4 is 11.3 Å². The van der Waals surface area contributed by atoms with E-state index in [1.165, 1.54) is 0 Å². The van der Waals surface area contributed by atoms with E-state index in [2.05, 4.69) is 22.6 Å². The molecule has 4 nitrogen and oxygen atoms in total. The van der Waals surface area contributed by atoms with Gasteiger partial charge in [-0.3, -0.25) is 0 Å². The van der Waals surface area contributed by atoms with E-state index in [0.29, 0.717) is 12.6 Å². The van der Waals surface area contributed by atoms with Crippen molar-refractivity contribution in [2.24, 2.45) is 0 Å². The first kappa shape index (κ1) is 13.6. The Bertz CT molecular complexity index is 291. The maximum Gasteiger partial charge on any atom is 0.119 e. The normalized spacial score (nSPS) is 12.9. The summed E-state index contributed by atoms with van der Waals surface area (Å²) in [5.74, 6) is 0. The lowest BCUT2D eigenvalue weighted by Gasteiger charge is -2.11. The van der Waals surface area contributed by atoms with Gasteiger partial charge in [-0.25, -0.2) is 4.98 Å². The molecule has 1 aromatic heterocycles. The fraction of sp³-hybridized carbons (Fsp3) is 0.727. The minimum atomic E-state index is 0.451. The lowest BCUT2D eigenvalue weighted by molar-refractivity contribution is 0.183. The lowest BCUT2D eigenvalue weighted by atomic mass is 10.2. The number of hydrogen-bond acceptors (Lipinski definition) is 5. The highest BCUT2D eigenvalue weighted by Gasteiger charge is 2.04. The van der Waals surface area contributed by atoms with E-state index in [1.807, 2.05) is 0 Å². The molecular formula is C11H20N2O2S. The maximum atomic E-state index is 5.03. The van der Waals surface area contributed by atoms with Crippen LogP contribution in [0.4, 0.5) is 0 Å². The van der Waals surface area contributed by atoms with Crippen molar-refractivity contribution in [3.05, 3.63) is 16.1 Å². The largest absolute Gasteiger partial charge is 0.385 e. The van der Waals surface area contributed by atoms with Gasteiger partial charge in [0.25, 0.3) is 0 Å². The van der Waals surface area contributed by atoms with Crippen LogP contribution in [0.5, 0.6) is 0 Å². The molecule has 0 aliphatic carbocycles. The third kappa shape index (κ3) is 5.03. The zero-order valence-corrected chi connectivity index (χ0v) is 11.0.